The van der Waals surface area contributed by atoms with Crippen LogP contribution in [0.25, 0.3) is 0 Å². The number of nitrogens with zero attached hydrogens (tertiary/aromatic N) is 1. The van der Waals surface area contributed by atoms with Gasteiger partial charge in [0.05, 0.1) is 5.41 Å². The van der Waals surface area contributed by atoms with E-state index in [1.54, 1.807) is 0 Å². The Morgan fingerprint density at radius 1 is 1.25 bits per heavy atom. The van der Waals surface area contributed by atoms with Gasteiger partial charge in [-0.3, -0.25) is 4.79 Å². The lowest BCUT2D eigenvalue weighted by Gasteiger charge is -2.28. The maximum atomic E-state index is 13.0. The summed E-state index contributed by atoms with van der Waals surface area (Å²) in [6.45, 7) is 6.53. The predicted molar refractivity (Wildman–Crippen MR) is 82.4 cm³/mol. The second-order valence-electron chi connectivity index (χ2n) is 5.77. The Balaban J connectivity index is 2.27. The molecule has 20 heavy (non-hydrogen) atoms. The van der Waals surface area contributed by atoms with E-state index in [1.807, 2.05) is 23.1 Å². The second-order valence-corrected chi connectivity index (χ2v) is 5.77. The van der Waals surface area contributed by atoms with E-state index >= 15 is 0 Å². The first-order valence-electron chi connectivity index (χ1n) is 7.75. The van der Waals surface area contributed by atoms with Crippen molar-refractivity contribution in [2.75, 3.05) is 19.6 Å². The molecule has 1 amide bonds. The van der Waals surface area contributed by atoms with Crippen molar-refractivity contribution in [1.29, 1.82) is 0 Å². The van der Waals surface area contributed by atoms with E-state index in [4.69, 9.17) is 5.73 Å². The third kappa shape index (κ3) is 2.59. The van der Waals surface area contributed by atoms with Gasteiger partial charge in [-0.1, -0.05) is 44.2 Å². The molecular weight excluding hydrogens is 248 g/mol. The SMILES string of the molecule is CCCN(CCC)C(=O)[C@@]1(c2ccccc2)CC1CN. The molecule has 1 aromatic carbocycles. The van der Waals surface area contributed by atoms with Crippen LogP contribution in [-0.4, -0.2) is 30.4 Å². The van der Waals surface area contributed by atoms with E-state index in [0.717, 1.165) is 37.9 Å². The number of benzene rings is 1. The van der Waals surface area contributed by atoms with E-state index < -0.39 is 0 Å². The van der Waals surface area contributed by atoms with E-state index in [9.17, 15) is 4.79 Å². The van der Waals surface area contributed by atoms with Crippen molar-refractivity contribution in [2.45, 2.75) is 38.5 Å². The topological polar surface area (TPSA) is 46.3 Å². The van der Waals surface area contributed by atoms with Crippen LogP contribution in [0.4, 0.5) is 0 Å². The van der Waals surface area contributed by atoms with E-state index in [2.05, 4.69) is 26.0 Å². The van der Waals surface area contributed by atoms with Crippen LogP contribution in [0.3, 0.4) is 0 Å². The Hall–Kier alpha value is -1.35. The summed E-state index contributed by atoms with van der Waals surface area (Å²) in [5.41, 5.74) is 6.65. The summed E-state index contributed by atoms with van der Waals surface area (Å²) in [5.74, 6) is 0.580. The Morgan fingerprint density at radius 3 is 2.30 bits per heavy atom. The molecule has 2 N–H and O–H groups in total. The molecule has 0 saturated heterocycles. The lowest BCUT2D eigenvalue weighted by molar-refractivity contribution is -0.134. The van der Waals surface area contributed by atoms with Gasteiger partial charge in [-0.05, 0) is 37.3 Å². The van der Waals surface area contributed by atoms with Crippen LogP contribution in [0.1, 0.15) is 38.7 Å². The first-order valence-corrected chi connectivity index (χ1v) is 7.75. The zero-order valence-corrected chi connectivity index (χ0v) is 12.6. The van der Waals surface area contributed by atoms with Gasteiger partial charge in [0.1, 0.15) is 0 Å². The monoisotopic (exact) mass is 274 g/mol. The number of rotatable bonds is 7. The molecule has 0 spiro atoms. The van der Waals surface area contributed by atoms with E-state index in [1.165, 1.54) is 0 Å². The highest BCUT2D eigenvalue weighted by atomic mass is 16.2. The molecule has 0 aromatic heterocycles. The molecule has 0 radical (unpaired) electrons. The standard InChI is InChI=1S/C17H26N2O/c1-3-10-19(11-4-2)16(20)17(12-15(17)13-18)14-8-6-5-7-9-14/h5-9,15H,3-4,10-13,18H2,1-2H3/t15?,17-/m1/s1. The van der Waals surface area contributed by atoms with Crippen LogP contribution in [0, 0.1) is 5.92 Å². The highest BCUT2D eigenvalue weighted by molar-refractivity contribution is 5.92. The van der Waals surface area contributed by atoms with Crippen molar-refractivity contribution in [3.05, 3.63) is 35.9 Å². The fraction of sp³-hybridized carbons (Fsp3) is 0.588. The van der Waals surface area contributed by atoms with Gasteiger partial charge in [0.2, 0.25) is 5.91 Å². The van der Waals surface area contributed by atoms with E-state index in [0.29, 0.717) is 12.5 Å². The molecule has 2 rings (SSSR count). The van der Waals surface area contributed by atoms with Crippen molar-refractivity contribution in [2.24, 2.45) is 11.7 Å². The van der Waals surface area contributed by atoms with Crippen LogP contribution in [-0.2, 0) is 10.2 Å². The lowest BCUT2D eigenvalue weighted by Crippen LogP contribution is -2.42. The van der Waals surface area contributed by atoms with Crippen molar-refractivity contribution in [1.82, 2.24) is 4.90 Å². The quantitative estimate of drug-likeness (QED) is 0.830. The number of amides is 1. The summed E-state index contributed by atoms with van der Waals surface area (Å²) in [7, 11) is 0. The Labute approximate surface area is 122 Å². The van der Waals surface area contributed by atoms with Crippen molar-refractivity contribution < 1.29 is 4.79 Å². The molecule has 3 heteroatoms. The molecule has 1 aliphatic carbocycles. The molecule has 110 valence electrons. The first kappa shape index (κ1) is 15.0. The zero-order chi connectivity index (χ0) is 14.6. The third-order valence-corrected chi connectivity index (χ3v) is 4.33. The van der Waals surface area contributed by atoms with E-state index in [-0.39, 0.29) is 11.3 Å². The minimum atomic E-state index is -0.347. The lowest BCUT2D eigenvalue weighted by atomic mass is 9.91. The molecule has 1 saturated carbocycles. The van der Waals surface area contributed by atoms with Crippen molar-refractivity contribution in [3.63, 3.8) is 0 Å². The summed E-state index contributed by atoms with van der Waals surface area (Å²) >= 11 is 0. The number of nitrogens with two attached hydrogens (primary N) is 1. The van der Waals surface area contributed by atoms with Crippen LogP contribution < -0.4 is 5.73 Å². The van der Waals surface area contributed by atoms with Crippen LogP contribution in [0.5, 0.6) is 0 Å². The average molecular weight is 274 g/mol. The maximum Gasteiger partial charge on any atom is 0.233 e. The van der Waals surface area contributed by atoms with Gasteiger partial charge in [0, 0.05) is 13.1 Å². The van der Waals surface area contributed by atoms with Gasteiger partial charge < -0.3 is 10.6 Å². The molecule has 0 heterocycles. The molecule has 3 nitrogen and oxygen atoms in total. The predicted octanol–water partition coefficient (Wildman–Crippen LogP) is 2.55. The largest absolute Gasteiger partial charge is 0.342 e. The normalized spacial score (nSPS) is 24.4. The van der Waals surface area contributed by atoms with Gasteiger partial charge in [-0.2, -0.15) is 0 Å². The summed E-state index contributed by atoms with van der Waals surface area (Å²) in [4.78, 5) is 15.1. The molecular formula is C17H26N2O. The Morgan fingerprint density at radius 2 is 1.85 bits per heavy atom. The van der Waals surface area contributed by atoms with Crippen molar-refractivity contribution in [3.8, 4) is 0 Å². The second kappa shape index (κ2) is 6.40. The molecule has 1 fully saturated rings. The molecule has 1 aliphatic rings. The Bertz CT molecular complexity index is 440. The fourth-order valence-electron chi connectivity index (χ4n) is 3.23. The highest BCUT2D eigenvalue weighted by Gasteiger charge is 2.61. The van der Waals surface area contributed by atoms with Gasteiger partial charge >= 0.3 is 0 Å². The van der Waals surface area contributed by atoms with Crippen molar-refractivity contribution >= 4 is 5.91 Å². The van der Waals surface area contributed by atoms with Crippen LogP contribution in [0.2, 0.25) is 0 Å². The first-order chi connectivity index (χ1) is 9.70. The average Bonchev–Trinajstić information content (AvgIpc) is 3.23. The summed E-state index contributed by atoms with van der Waals surface area (Å²) in [6, 6.07) is 10.2. The molecule has 0 aliphatic heterocycles. The summed E-state index contributed by atoms with van der Waals surface area (Å²) in [5, 5.41) is 0. The minimum absolute atomic E-state index is 0.280. The molecule has 0 bridgehead atoms. The molecule has 1 unspecified atom stereocenters. The number of carbonyl (C=O) groups excluding carboxylic acids is 1. The fourth-order valence-corrected chi connectivity index (χ4v) is 3.23. The van der Waals surface area contributed by atoms with Gasteiger partial charge in [0.15, 0.2) is 0 Å². The summed E-state index contributed by atoms with van der Waals surface area (Å²) in [6.07, 6.45) is 2.91. The summed E-state index contributed by atoms with van der Waals surface area (Å²) < 4.78 is 0. The molecule has 2 atom stereocenters. The van der Waals surface area contributed by atoms with Gasteiger partial charge in [-0.15, -0.1) is 0 Å². The molecule has 1 aromatic rings. The minimum Gasteiger partial charge on any atom is -0.342 e. The third-order valence-electron chi connectivity index (χ3n) is 4.33. The number of carbonyl (C=O) groups is 1. The van der Waals surface area contributed by atoms with Crippen LogP contribution >= 0.6 is 0 Å². The van der Waals surface area contributed by atoms with Crippen LogP contribution in [0.15, 0.2) is 30.3 Å². The van der Waals surface area contributed by atoms with Gasteiger partial charge in [-0.25, -0.2) is 0 Å². The Kier molecular flexibility index (Phi) is 4.81. The number of hydrogen-bond acceptors (Lipinski definition) is 2. The smallest absolute Gasteiger partial charge is 0.233 e. The van der Waals surface area contributed by atoms with Gasteiger partial charge in [0.25, 0.3) is 0 Å². The number of hydrogen-bond donors (Lipinski definition) is 1. The highest BCUT2D eigenvalue weighted by Crippen LogP contribution is 2.54. The maximum absolute atomic E-state index is 13.0. The zero-order valence-electron chi connectivity index (χ0n) is 12.6.